The maximum absolute atomic E-state index is 13.3. The van der Waals surface area contributed by atoms with Crippen LogP contribution >= 0.6 is 0 Å². The Morgan fingerprint density at radius 1 is 1.27 bits per heavy atom. The fourth-order valence-electron chi connectivity index (χ4n) is 6.46. The Kier molecular flexibility index (Phi) is 7.21. The molecule has 0 fully saturated rings. The fourth-order valence-corrected chi connectivity index (χ4v) is 6.46. The van der Waals surface area contributed by atoms with E-state index in [0.717, 1.165) is 90.9 Å². The number of carbonyl (C=O) groups excluding carboxylic acids is 1. The number of aryl methyl sites for hydroxylation is 1. The summed E-state index contributed by atoms with van der Waals surface area (Å²) >= 11 is 0. The molecule has 0 aromatic carbocycles. The number of amides is 1. The maximum Gasteiger partial charge on any atom is 0.327 e. The van der Waals surface area contributed by atoms with Gasteiger partial charge in [0.2, 0.25) is 0 Å². The Morgan fingerprint density at radius 2 is 2.12 bits per heavy atom. The summed E-state index contributed by atoms with van der Waals surface area (Å²) in [6, 6.07) is 5.70. The van der Waals surface area contributed by atoms with E-state index in [1.165, 1.54) is 16.0 Å². The Bertz CT molecular complexity index is 1630. The molecule has 3 aromatic rings. The van der Waals surface area contributed by atoms with Crippen molar-refractivity contribution in [2.24, 2.45) is 11.8 Å². The molecular formula is C33H37N6O2+. The average Bonchev–Trinajstić information content (AvgIpc) is 3.33. The highest BCUT2D eigenvalue weighted by molar-refractivity contribution is 5.92. The quantitative estimate of drug-likeness (QED) is 0.512. The van der Waals surface area contributed by atoms with Crippen LogP contribution in [-0.4, -0.2) is 46.2 Å². The summed E-state index contributed by atoms with van der Waals surface area (Å²) in [5, 5.41) is 12.0. The molecule has 41 heavy (non-hydrogen) atoms. The summed E-state index contributed by atoms with van der Waals surface area (Å²) in [4.78, 5) is 31.8. The van der Waals surface area contributed by atoms with Crippen LogP contribution < -0.4 is 15.9 Å². The fraction of sp³-hybridized carbons (Fsp3) is 0.424. The predicted octanol–water partition coefficient (Wildman–Crippen LogP) is 4.25. The van der Waals surface area contributed by atoms with Crippen molar-refractivity contribution in [2.45, 2.75) is 58.8 Å². The molecule has 0 radical (unpaired) electrons. The molecule has 4 heterocycles. The van der Waals surface area contributed by atoms with Crippen molar-refractivity contribution < 1.29 is 9.78 Å². The smallest absolute Gasteiger partial charge is 0.327 e. The van der Waals surface area contributed by atoms with Gasteiger partial charge in [0.05, 0.1) is 29.4 Å². The molecule has 3 aliphatic rings. The molecule has 2 unspecified atom stereocenters. The van der Waals surface area contributed by atoms with E-state index in [2.05, 4.69) is 45.8 Å². The number of fused-ring (bicyclic) bond motifs is 2. The van der Waals surface area contributed by atoms with Crippen molar-refractivity contribution >= 4 is 23.2 Å². The van der Waals surface area contributed by atoms with Crippen LogP contribution in [0.15, 0.2) is 40.8 Å². The second-order valence-electron chi connectivity index (χ2n) is 11.9. The van der Waals surface area contributed by atoms with E-state index in [1.807, 2.05) is 31.3 Å². The van der Waals surface area contributed by atoms with Gasteiger partial charge < -0.3 is 10.2 Å². The highest BCUT2D eigenvalue weighted by Crippen LogP contribution is 2.37. The minimum absolute atomic E-state index is 0.0433. The van der Waals surface area contributed by atoms with Crippen molar-refractivity contribution in [2.75, 3.05) is 26.0 Å². The van der Waals surface area contributed by atoms with Crippen LogP contribution in [-0.2, 0) is 12.8 Å². The molecule has 8 heteroatoms. The van der Waals surface area contributed by atoms with Gasteiger partial charge >= 0.3 is 11.9 Å². The van der Waals surface area contributed by atoms with Crippen LogP contribution in [0.5, 0.6) is 0 Å². The highest BCUT2D eigenvalue weighted by atomic mass is 16.2. The van der Waals surface area contributed by atoms with Gasteiger partial charge in [-0.15, -0.1) is 10.2 Å². The van der Waals surface area contributed by atoms with Crippen LogP contribution in [0.3, 0.4) is 0 Å². The molecule has 0 saturated carbocycles. The monoisotopic (exact) mass is 549 g/mol. The van der Waals surface area contributed by atoms with Gasteiger partial charge in [-0.2, -0.15) is 0 Å². The second kappa shape index (κ2) is 11.0. The van der Waals surface area contributed by atoms with Gasteiger partial charge in [0, 0.05) is 38.1 Å². The third kappa shape index (κ3) is 5.17. The summed E-state index contributed by atoms with van der Waals surface area (Å²) < 4.78 is 1.77. The zero-order chi connectivity index (χ0) is 28.7. The lowest BCUT2D eigenvalue weighted by molar-refractivity contribution is -0.309. The minimum atomic E-state index is -0.132. The van der Waals surface area contributed by atoms with Crippen LogP contribution in [0.2, 0.25) is 0 Å². The molecule has 2 aliphatic carbocycles. The molecular weight excluding hydrogens is 512 g/mol. The van der Waals surface area contributed by atoms with E-state index < -0.39 is 0 Å². The summed E-state index contributed by atoms with van der Waals surface area (Å²) in [5.41, 5.74) is 9.70. The Balaban J connectivity index is 1.24. The van der Waals surface area contributed by atoms with Gasteiger partial charge in [0.1, 0.15) is 0 Å². The van der Waals surface area contributed by atoms with Crippen molar-refractivity contribution in [3.63, 3.8) is 0 Å². The first-order valence-corrected chi connectivity index (χ1v) is 14.6. The predicted molar refractivity (Wildman–Crippen MR) is 159 cm³/mol. The minimum Gasteiger partial charge on any atom is -0.384 e. The first kappa shape index (κ1) is 26.9. The zero-order valence-corrected chi connectivity index (χ0v) is 24.3. The third-order valence-corrected chi connectivity index (χ3v) is 8.79. The molecule has 0 spiro atoms. The molecule has 0 saturated heterocycles. The standard InChI is InChI=1S/C33H36N6O2/c1-20-16-28-26(30(11-14-35-28)39-15-12-27-25(32(39)40)10-13-34-27)19-24(20)18-22-6-5-7-23(9-8-22)31-21(2)17-29(36-37-31)33(41)38(3)4/h9,11-12,15,17,19-20,22H,5-8,10,13,16,18H2,1-4H3/p+1. The van der Waals surface area contributed by atoms with Crippen LogP contribution in [0, 0.1) is 25.0 Å². The molecule has 6 rings (SSSR count). The Hall–Kier alpha value is -4.25. The Morgan fingerprint density at radius 3 is 2.93 bits per heavy atom. The molecule has 2 atom stereocenters. The van der Waals surface area contributed by atoms with Crippen molar-refractivity contribution in [3.05, 3.63) is 86.4 Å². The lowest BCUT2D eigenvalue weighted by atomic mass is 9.80. The number of nitrogens with one attached hydrogen (secondary N) is 1. The topological polar surface area (TPSA) is 94.2 Å². The lowest BCUT2D eigenvalue weighted by Gasteiger charge is -2.23. The van der Waals surface area contributed by atoms with Gasteiger partial charge in [0.15, 0.2) is 5.69 Å². The third-order valence-electron chi connectivity index (χ3n) is 8.79. The molecule has 1 aliphatic heterocycles. The number of nitrogens with zero attached hydrogens (tertiary/aromatic N) is 5. The lowest BCUT2D eigenvalue weighted by Crippen LogP contribution is -2.25. The molecule has 1 N–H and O–H groups in total. The largest absolute Gasteiger partial charge is 0.384 e. The van der Waals surface area contributed by atoms with E-state index in [0.29, 0.717) is 17.5 Å². The first-order chi connectivity index (χ1) is 19.8. The van der Waals surface area contributed by atoms with E-state index in [4.69, 9.17) is 0 Å². The number of anilines is 1. The number of carbonyl (C=O) groups is 1. The number of aromatic nitrogens is 4. The summed E-state index contributed by atoms with van der Waals surface area (Å²) in [5.74, 6) is 0.792. The van der Waals surface area contributed by atoms with Crippen LogP contribution in [0.1, 0.15) is 77.6 Å². The van der Waals surface area contributed by atoms with Crippen LogP contribution in [0.25, 0.3) is 17.3 Å². The maximum atomic E-state index is 13.3. The Labute approximate surface area is 241 Å². The van der Waals surface area contributed by atoms with Gasteiger partial charge in [-0.3, -0.25) is 14.2 Å². The molecule has 0 bridgehead atoms. The average molecular weight is 550 g/mol. The van der Waals surface area contributed by atoms with Crippen molar-refractivity contribution in [1.29, 1.82) is 0 Å². The van der Waals surface area contributed by atoms with E-state index in [1.54, 1.807) is 18.7 Å². The second-order valence-corrected chi connectivity index (χ2v) is 11.9. The van der Waals surface area contributed by atoms with Crippen molar-refractivity contribution in [1.82, 2.24) is 19.7 Å². The van der Waals surface area contributed by atoms with Crippen LogP contribution in [0.4, 0.5) is 5.69 Å². The van der Waals surface area contributed by atoms with E-state index in [9.17, 15) is 9.59 Å². The van der Waals surface area contributed by atoms with Gasteiger partial charge in [-0.25, -0.2) is 0 Å². The molecule has 3 aromatic heterocycles. The SMILES string of the molecule is Cc1cc(C(=O)N(C)C)nnc1C1=CCC(CC2=Cc3c(-n4ccc5c(c4=O)CCN5)cc#[n+]c3CC2C)CCC1. The molecule has 8 nitrogen and oxygen atoms in total. The number of allylic oxidation sites excluding steroid dienone is 3. The normalized spacial score (nSPS) is 19.6. The summed E-state index contributed by atoms with van der Waals surface area (Å²) in [7, 11) is 3.45. The highest BCUT2D eigenvalue weighted by Gasteiger charge is 2.30. The number of rotatable bonds is 5. The molecule has 1 amide bonds. The number of pyridine rings is 1. The molecule has 210 valence electrons. The summed E-state index contributed by atoms with van der Waals surface area (Å²) in [6.07, 6.45) is 16.4. The van der Waals surface area contributed by atoms with E-state index in [-0.39, 0.29) is 11.5 Å². The first-order valence-electron chi connectivity index (χ1n) is 14.6. The summed E-state index contributed by atoms with van der Waals surface area (Å²) in [6.45, 7) is 5.10. The van der Waals surface area contributed by atoms with Gasteiger partial charge in [-0.05, 0) is 91.6 Å². The number of hydrogen-bond acceptors (Lipinski definition) is 5. The number of hydrogen-bond donors (Lipinski definition) is 1. The zero-order valence-electron chi connectivity index (χ0n) is 24.3. The van der Waals surface area contributed by atoms with Gasteiger partial charge in [-0.1, -0.05) is 18.6 Å². The van der Waals surface area contributed by atoms with Gasteiger partial charge in [0.25, 0.3) is 11.5 Å². The van der Waals surface area contributed by atoms with E-state index >= 15 is 0 Å². The van der Waals surface area contributed by atoms with Crippen molar-refractivity contribution in [3.8, 4) is 5.69 Å².